The standard InChI is InChI=1S/C23H20O3/c1-25-21-15-12-18(13-16-21)14-17-22(24)26-23(19-8-4-2-5-9-19)20-10-6-3-7-11-20/h2-17,23H,1H3/b17-14+. The van der Waals surface area contributed by atoms with Crippen LogP contribution < -0.4 is 4.74 Å². The summed E-state index contributed by atoms with van der Waals surface area (Å²) in [7, 11) is 1.62. The summed E-state index contributed by atoms with van der Waals surface area (Å²) in [5, 5.41) is 0. The Bertz CT molecular complexity index is 813. The number of rotatable bonds is 6. The number of carbonyl (C=O) groups excluding carboxylic acids is 1. The van der Waals surface area contributed by atoms with Crippen molar-refractivity contribution >= 4 is 12.0 Å². The Hall–Kier alpha value is -3.33. The van der Waals surface area contributed by atoms with E-state index >= 15 is 0 Å². The Balaban J connectivity index is 1.76. The maximum absolute atomic E-state index is 12.4. The molecular weight excluding hydrogens is 324 g/mol. The fraction of sp³-hybridized carbons (Fsp3) is 0.0870. The van der Waals surface area contributed by atoms with Crippen LogP contribution in [-0.2, 0) is 9.53 Å². The van der Waals surface area contributed by atoms with Crippen molar-refractivity contribution in [2.45, 2.75) is 6.10 Å². The van der Waals surface area contributed by atoms with E-state index in [2.05, 4.69) is 0 Å². The van der Waals surface area contributed by atoms with Gasteiger partial charge >= 0.3 is 5.97 Å². The summed E-state index contributed by atoms with van der Waals surface area (Å²) in [6, 6.07) is 26.9. The summed E-state index contributed by atoms with van der Waals surface area (Å²) in [6.07, 6.45) is 2.74. The number of methoxy groups -OCH3 is 1. The highest BCUT2D eigenvalue weighted by atomic mass is 16.5. The molecule has 0 N–H and O–H groups in total. The van der Waals surface area contributed by atoms with Gasteiger partial charge < -0.3 is 9.47 Å². The lowest BCUT2D eigenvalue weighted by Gasteiger charge is -2.18. The fourth-order valence-corrected chi connectivity index (χ4v) is 2.62. The molecule has 0 aromatic heterocycles. The van der Waals surface area contributed by atoms with Crippen molar-refractivity contribution in [2.24, 2.45) is 0 Å². The van der Waals surface area contributed by atoms with E-state index in [0.29, 0.717) is 0 Å². The first-order chi connectivity index (χ1) is 12.8. The van der Waals surface area contributed by atoms with Crippen molar-refractivity contribution in [1.29, 1.82) is 0 Å². The predicted octanol–water partition coefficient (Wildman–Crippen LogP) is 5.04. The molecule has 0 fully saturated rings. The number of benzene rings is 3. The maximum Gasteiger partial charge on any atom is 0.331 e. The number of ether oxygens (including phenoxy) is 2. The van der Waals surface area contributed by atoms with Gasteiger partial charge in [-0.15, -0.1) is 0 Å². The third-order valence-corrected chi connectivity index (χ3v) is 3.97. The monoisotopic (exact) mass is 344 g/mol. The Kier molecular flexibility index (Phi) is 5.84. The third kappa shape index (κ3) is 4.61. The zero-order valence-electron chi connectivity index (χ0n) is 14.5. The Morgan fingerprint density at radius 3 is 1.85 bits per heavy atom. The molecule has 3 rings (SSSR count). The van der Waals surface area contributed by atoms with Gasteiger partial charge in [-0.25, -0.2) is 4.79 Å². The lowest BCUT2D eigenvalue weighted by Crippen LogP contribution is -2.10. The highest BCUT2D eigenvalue weighted by Gasteiger charge is 2.17. The van der Waals surface area contributed by atoms with Gasteiger partial charge in [0.25, 0.3) is 0 Å². The van der Waals surface area contributed by atoms with Gasteiger partial charge in [0.2, 0.25) is 0 Å². The van der Waals surface area contributed by atoms with E-state index in [1.165, 1.54) is 6.08 Å². The van der Waals surface area contributed by atoms with Crippen LogP contribution in [0.4, 0.5) is 0 Å². The summed E-state index contributed by atoms with van der Waals surface area (Å²) in [5.74, 6) is 0.386. The predicted molar refractivity (Wildman–Crippen MR) is 103 cm³/mol. The van der Waals surface area contributed by atoms with Crippen LogP contribution in [0.2, 0.25) is 0 Å². The zero-order chi connectivity index (χ0) is 18.2. The van der Waals surface area contributed by atoms with Gasteiger partial charge in [0.05, 0.1) is 7.11 Å². The molecule has 26 heavy (non-hydrogen) atoms. The van der Waals surface area contributed by atoms with Crippen molar-refractivity contribution < 1.29 is 14.3 Å². The number of hydrogen-bond acceptors (Lipinski definition) is 3. The number of carbonyl (C=O) groups is 1. The maximum atomic E-state index is 12.4. The molecule has 0 saturated carbocycles. The molecular formula is C23H20O3. The molecule has 0 saturated heterocycles. The summed E-state index contributed by atoms with van der Waals surface area (Å²) in [4.78, 5) is 12.4. The summed E-state index contributed by atoms with van der Waals surface area (Å²) in [6.45, 7) is 0. The van der Waals surface area contributed by atoms with Crippen molar-refractivity contribution in [3.63, 3.8) is 0 Å². The molecule has 0 aliphatic carbocycles. The first kappa shape index (κ1) is 17.5. The molecule has 3 nitrogen and oxygen atoms in total. The molecule has 3 heteroatoms. The number of hydrogen-bond donors (Lipinski definition) is 0. The lowest BCUT2D eigenvalue weighted by molar-refractivity contribution is -0.141. The van der Waals surface area contributed by atoms with Crippen LogP contribution in [0.5, 0.6) is 5.75 Å². The van der Waals surface area contributed by atoms with E-state index in [1.807, 2.05) is 84.9 Å². The molecule has 0 amide bonds. The average Bonchev–Trinajstić information content (AvgIpc) is 2.72. The van der Waals surface area contributed by atoms with Gasteiger partial charge in [-0.05, 0) is 34.9 Å². The Labute approximate surface area is 153 Å². The van der Waals surface area contributed by atoms with Crippen molar-refractivity contribution in [2.75, 3.05) is 7.11 Å². The van der Waals surface area contributed by atoms with Crippen molar-refractivity contribution in [3.8, 4) is 5.75 Å². The fourth-order valence-electron chi connectivity index (χ4n) is 2.62. The number of esters is 1. The van der Waals surface area contributed by atoms with Gasteiger partial charge in [-0.2, -0.15) is 0 Å². The molecule has 0 radical (unpaired) electrons. The van der Waals surface area contributed by atoms with Gasteiger partial charge in [0.15, 0.2) is 6.10 Å². The van der Waals surface area contributed by atoms with Crippen LogP contribution in [0, 0.1) is 0 Å². The van der Waals surface area contributed by atoms with Crippen molar-refractivity contribution in [3.05, 3.63) is 108 Å². The molecule has 0 heterocycles. The minimum absolute atomic E-state index is 0.390. The Morgan fingerprint density at radius 1 is 0.808 bits per heavy atom. The zero-order valence-corrected chi connectivity index (χ0v) is 14.5. The van der Waals surface area contributed by atoms with Gasteiger partial charge in [-0.3, -0.25) is 0 Å². The van der Waals surface area contributed by atoms with Crippen LogP contribution >= 0.6 is 0 Å². The van der Waals surface area contributed by atoms with Crippen LogP contribution in [0.3, 0.4) is 0 Å². The molecule has 0 atom stereocenters. The van der Waals surface area contributed by atoms with Gasteiger partial charge in [0, 0.05) is 6.08 Å². The molecule has 3 aromatic carbocycles. The second kappa shape index (κ2) is 8.67. The molecule has 0 bridgehead atoms. The normalized spacial score (nSPS) is 10.8. The van der Waals surface area contributed by atoms with Gasteiger partial charge in [0.1, 0.15) is 5.75 Å². The van der Waals surface area contributed by atoms with E-state index < -0.39 is 12.1 Å². The van der Waals surface area contributed by atoms with E-state index in [0.717, 1.165) is 22.4 Å². The smallest absolute Gasteiger partial charge is 0.331 e. The van der Waals surface area contributed by atoms with E-state index in [4.69, 9.17) is 9.47 Å². The van der Waals surface area contributed by atoms with Crippen LogP contribution in [0.15, 0.2) is 91.0 Å². The highest BCUT2D eigenvalue weighted by molar-refractivity contribution is 5.87. The largest absolute Gasteiger partial charge is 0.497 e. The SMILES string of the molecule is COc1ccc(/C=C/C(=O)OC(c2ccccc2)c2ccccc2)cc1. The molecule has 0 spiro atoms. The summed E-state index contributed by atoms with van der Waals surface area (Å²) in [5.41, 5.74) is 2.77. The molecule has 0 unspecified atom stereocenters. The van der Waals surface area contributed by atoms with Gasteiger partial charge in [-0.1, -0.05) is 72.8 Å². The van der Waals surface area contributed by atoms with E-state index in [1.54, 1.807) is 13.2 Å². The second-order valence-corrected chi connectivity index (χ2v) is 5.74. The summed E-state index contributed by atoms with van der Waals surface area (Å²) >= 11 is 0. The second-order valence-electron chi connectivity index (χ2n) is 5.74. The molecule has 0 aliphatic heterocycles. The highest BCUT2D eigenvalue weighted by Crippen LogP contribution is 2.26. The molecule has 0 aliphatic rings. The van der Waals surface area contributed by atoms with Crippen LogP contribution in [0.25, 0.3) is 6.08 Å². The quantitative estimate of drug-likeness (QED) is 0.464. The van der Waals surface area contributed by atoms with Crippen LogP contribution in [-0.4, -0.2) is 13.1 Å². The average molecular weight is 344 g/mol. The first-order valence-corrected chi connectivity index (χ1v) is 8.39. The van der Waals surface area contributed by atoms with E-state index in [9.17, 15) is 4.79 Å². The first-order valence-electron chi connectivity index (χ1n) is 8.39. The topological polar surface area (TPSA) is 35.5 Å². The summed E-state index contributed by atoms with van der Waals surface area (Å²) < 4.78 is 10.9. The van der Waals surface area contributed by atoms with Crippen molar-refractivity contribution in [1.82, 2.24) is 0 Å². The minimum Gasteiger partial charge on any atom is -0.497 e. The van der Waals surface area contributed by atoms with Crippen LogP contribution in [0.1, 0.15) is 22.8 Å². The Morgan fingerprint density at radius 2 is 1.35 bits per heavy atom. The molecule has 3 aromatic rings. The lowest BCUT2D eigenvalue weighted by atomic mass is 10.0. The molecule has 130 valence electrons. The minimum atomic E-state index is -0.439. The van der Waals surface area contributed by atoms with E-state index in [-0.39, 0.29) is 0 Å². The third-order valence-electron chi connectivity index (χ3n) is 3.97.